The molecule has 0 atom stereocenters. The molecule has 0 unspecified atom stereocenters. The highest BCUT2D eigenvalue weighted by Crippen LogP contribution is 2.20. The van der Waals surface area contributed by atoms with Gasteiger partial charge < -0.3 is 10.1 Å². The van der Waals surface area contributed by atoms with E-state index in [-0.39, 0.29) is 5.78 Å². The molecule has 1 heterocycles. The van der Waals surface area contributed by atoms with Crippen LogP contribution in [0.3, 0.4) is 0 Å². The van der Waals surface area contributed by atoms with Crippen molar-refractivity contribution in [1.82, 2.24) is 15.1 Å². The molecule has 0 spiro atoms. The number of aromatic nitrogens is 2. The van der Waals surface area contributed by atoms with Crippen molar-refractivity contribution in [2.45, 2.75) is 6.92 Å². The van der Waals surface area contributed by atoms with Gasteiger partial charge in [0, 0.05) is 7.05 Å². The summed E-state index contributed by atoms with van der Waals surface area (Å²) in [6.07, 6.45) is 0. The summed E-state index contributed by atoms with van der Waals surface area (Å²) >= 11 is 0. The fourth-order valence-electron chi connectivity index (χ4n) is 1.44. The highest BCUT2D eigenvalue weighted by atomic mass is 16.5. The fourth-order valence-corrected chi connectivity index (χ4v) is 1.44. The summed E-state index contributed by atoms with van der Waals surface area (Å²) < 4.78 is 6.68. The monoisotopic (exact) mass is 197 g/mol. The van der Waals surface area contributed by atoms with E-state index >= 15 is 0 Å². The minimum Gasteiger partial charge on any atom is -0.481 e. The SMILES string of the molecule is CNCC(=O)c1c(C)nn(C)c1OC. The molecule has 0 aliphatic rings. The minimum atomic E-state index is -0.00468. The van der Waals surface area contributed by atoms with Gasteiger partial charge in [-0.15, -0.1) is 0 Å². The van der Waals surface area contributed by atoms with Gasteiger partial charge in [-0.3, -0.25) is 4.79 Å². The average Bonchev–Trinajstić information content (AvgIpc) is 2.40. The van der Waals surface area contributed by atoms with E-state index in [1.807, 2.05) is 0 Å². The van der Waals surface area contributed by atoms with E-state index in [2.05, 4.69) is 10.4 Å². The van der Waals surface area contributed by atoms with Crippen LogP contribution >= 0.6 is 0 Å². The van der Waals surface area contributed by atoms with Gasteiger partial charge in [0.15, 0.2) is 5.78 Å². The smallest absolute Gasteiger partial charge is 0.222 e. The summed E-state index contributed by atoms with van der Waals surface area (Å²) in [5.41, 5.74) is 1.26. The quantitative estimate of drug-likeness (QED) is 0.697. The lowest BCUT2D eigenvalue weighted by atomic mass is 10.1. The van der Waals surface area contributed by atoms with Gasteiger partial charge in [0.2, 0.25) is 5.88 Å². The molecule has 0 saturated carbocycles. The van der Waals surface area contributed by atoms with Crippen molar-refractivity contribution >= 4 is 5.78 Å². The van der Waals surface area contributed by atoms with Crippen LogP contribution in [0.1, 0.15) is 16.1 Å². The van der Waals surface area contributed by atoms with E-state index < -0.39 is 0 Å². The lowest BCUT2D eigenvalue weighted by Crippen LogP contribution is -2.19. The maximum atomic E-state index is 11.7. The van der Waals surface area contributed by atoms with E-state index in [1.165, 1.54) is 7.11 Å². The summed E-state index contributed by atoms with van der Waals surface area (Å²) in [4.78, 5) is 11.7. The third-order valence-corrected chi connectivity index (χ3v) is 1.98. The summed E-state index contributed by atoms with van der Waals surface area (Å²) in [7, 11) is 5.02. The number of nitrogens with zero attached hydrogens (tertiary/aromatic N) is 2. The third-order valence-electron chi connectivity index (χ3n) is 1.98. The number of likely N-dealkylation sites (N-methyl/N-ethyl adjacent to an activating group) is 1. The summed E-state index contributed by atoms with van der Waals surface area (Å²) in [5, 5.41) is 6.94. The Bertz CT molecular complexity index is 344. The molecule has 1 aromatic rings. The Balaban J connectivity index is 3.11. The third kappa shape index (κ3) is 1.77. The molecular formula is C9H15N3O2. The number of rotatable bonds is 4. The molecule has 0 radical (unpaired) electrons. The number of ketones is 1. The van der Waals surface area contributed by atoms with Gasteiger partial charge in [0.25, 0.3) is 0 Å². The first-order chi connectivity index (χ1) is 6.61. The zero-order valence-corrected chi connectivity index (χ0v) is 8.92. The van der Waals surface area contributed by atoms with Crippen molar-refractivity contribution in [3.8, 4) is 5.88 Å². The molecule has 14 heavy (non-hydrogen) atoms. The second-order valence-electron chi connectivity index (χ2n) is 3.05. The number of hydrogen-bond acceptors (Lipinski definition) is 4. The molecule has 1 aromatic heterocycles. The molecule has 1 N–H and O–H groups in total. The first kappa shape index (κ1) is 10.7. The Hall–Kier alpha value is -1.36. The normalized spacial score (nSPS) is 10.3. The van der Waals surface area contributed by atoms with Crippen LogP contribution in [0.25, 0.3) is 0 Å². The fraction of sp³-hybridized carbons (Fsp3) is 0.556. The van der Waals surface area contributed by atoms with E-state index in [0.717, 1.165) is 0 Å². The zero-order chi connectivity index (χ0) is 10.7. The molecule has 0 fully saturated rings. The summed E-state index contributed by atoms with van der Waals surface area (Å²) in [6, 6.07) is 0. The Morgan fingerprint density at radius 2 is 2.29 bits per heavy atom. The molecule has 1 rings (SSSR count). The van der Waals surface area contributed by atoms with Gasteiger partial charge in [-0.25, -0.2) is 4.68 Å². The number of ether oxygens (including phenoxy) is 1. The molecule has 0 aromatic carbocycles. The van der Waals surface area contributed by atoms with E-state index in [1.54, 1.807) is 25.7 Å². The average molecular weight is 197 g/mol. The number of hydrogen-bond donors (Lipinski definition) is 1. The number of carbonyl (C=O) groups excluding carboxylic acids is 1. The molecule has 0 saturated heterocycles. The van der Waals surface area contributed by atoms with Crippen molar-refractivity contribution in [3.63, 3.8) is 0 Å². The Morgan fingerprint density at radius 1 is 1.64 bits per heavy atom. The summed E-state index contributed by atoms with van der Waals surface area (Å²) in [5.74, 6) is 0.512. The van der Waals surface area contributed by atoms with Crippen LogP contribution in [0, 0.1) is 6.92 Å². The molecular weight excluding hydrogens is 182 g/mol. The van der Waals surface area contributed by atoms with E-state index in [4.69, 9.17) is 4.74 Å². The second-order valence-corrected chi connectivity index (χ2v) is 3.05. The van der Waals surface area contributed by atoms with Crippen LogP contribution in [0.4, 0.5) is 0 Å². The van der Waals surface area contributed by atoms with Gasteiger partial charge in [0.05, 0.1) is 19.3 Å². The van der Waals surface area contributed by atoms with Crippen LogP contribution in [-0.4, -0.2) is 36.3 Å². The largest absolute Gasteiger partial charge is 0.481 e. The lowest BCUT2D eigenvalue weighted by Gasteiger charge is -2.03. The van der Waals surface area contributed by atoms with Gasteiger partial charge in [-0.05, 0) is 14.0 Å². The van der Waals surface area contributed by atoms with Gasteiger partial charge in [-0.1, -0.05) is 0 Å². The maximum absolute atomic E-state index is 11.7. The minimum absolute atomic E-state index is 0.00468. The van der Waals surface area contributed by atoms with Gasteiger partial charge in [0.1, 0.15) is 5.56 Å². The maximum Gasteiger partial charge on any atom is 0.222 e. The van der Waals surface area contributed by atoms with Crippen LogP contribution in [-0.2, 0) is 7.05 Å². The van der Waals surface area contributed by atoms with Crippen molar-refractivity contribution in [1.29, 1.82) is 0 Å². The van der Waals surface area contributed by atoms with Crippen LogP contribution in [0.5, 0.6) is 5.88 Å². The predicted octanol–water partition coefficient (Wildman–Crippen LogP) is 0.139. The second kappa shape index (κ2) is 4.23. The highest BCUT2D eigenvalue weighted by molar-refractivity contribution is 6.00. The number of Topliss-reactive ketones (excluding diaryl/α,β-unsaturated/α-hetero) is 1. The standard InChI is InChI=1S/C9H15N3O2/c1-6-8(7(13)5-10-2)9(14-4)12(3)11-6/h10H,5H2,1-4H3. The van der Waals surface area contributed by atoms with Crippen LogP contribution in [0.2, 0.25) is 0 Å². The molecule has 0 bridgehead atoms. The van der Waals surface area contributed by atoms with Crippen molar-refractivity contribution < 1.29 is 9.53 Å². The molecule has 78 valence electrons. The topological polar surface area (TPSA) is 56.2 Å². The predicted molar refractivity (Wildman–Crippen MR) is 52.8 cm³/mol. The van der Waals surface area contributed by atoms with Crippen molar-refractivity contribution in [3.05, 3.63) is 11.3 Å². The Morgan fingerprint density at radius 3 is 2.79 bits per heavy atom. The number of nitrogens with one attached hydrogen (secondary N) is 1. The number of methoxy groups -OCH3 is 1. The summed E-state index contributed by atoms with van der Waals surface area (Å²) in [6.45, 7) is 2.09. The van der Waals surface area contributed by atoms with Crippen LogP contribution in [0.15, 0.2) is 0 Å². The van der Waals surface area contributed by atoms with Gasteiger partial charge in [-0.2, -0.15) is 5.10 Å². The number of aryl methyl sites for hydroxylation is 2. The molecule has 5 heteroatoms. The van der Waals surface area contributed by atoms with Crippen molar-refractivity contribution in [2.24, 2.45) is 7.05 Å². The van der Waals surface area contributed by atoms with Gasteiger partial charge >= 0.3 is 0 Å². The Labute approximate surface area is 83.1 Å². The van der Waals surface area contributed by atoms with Crippen molar-refractivity contribution in [2.75, 3.05) is 20.7 Å². The molecule has 5 nitrogen and oxygen atoms in total. The molecule has 0 aliphatic carbocycles. The first-order valence-electron chi connectivity index (χ1n) is 4.37. The zero-order valence-electron chi connectivity index (χ0n) is 8.92. The van der Waals surface area contributed by atoms with Crippen LogP contribution < -0.4 is 10.1 Å². The van der Waals surface area contributed by atoms with E-state index in [0.29, 0.717) is 23.7 Å². The molecule has 0 amide bonds. The Kier molecular flexibility index (Phi) is 3.24. The lowest BCUT2D eigenvalue weighted by molar-refractivity contribution is 0.0989. The molecule has 0 aliphatic heterocycles. The highest BCUT2D eigenvalue weighted by Gasteiger charge is 2.19. The number of carbonyl (C=O) groups is 1. The van der Waals surface area contributed by atoms with E-state index in [9.17, 15) is 4.79 Å². The first-order valence-corrected chi connectivity index (χ1v) is 4.37.